The van der Waals surface area contributed by atoms with Gasteiger partial charge in [-0.2, -0.15) is 4.98 Å². The van der Waals surface area contributed by atoms with Gasteiger partial charge < -0.3 is 9.84 Å². The van der Waals surface area contributed by atoms with E-state index in [9.17, 15) is 0 Å². The fourth-order valence-corrected chi connectivity index (χ4v) is 3.36. The average Bonchev–Trinajstić information content (AvgIpc) is 2.97. The molecule has 0 bridgehead atoms. The third kappa shape index (κ3) is 2.48. The molecule has 1 unspecified atom stereocenters. The molecule has 1 saturated heterocycles. The van der Waals surface area contributed by atoms with Gasteiger partial charge in [0.15, 0.2) is 5.82 Å². The van der Waals surface area contributed by atoms with E-state index in [1.807, 2.05) is 0 Å². The molecule has 1 saturated carbocycles. The number of benzene rings is 1. The minimum absolute atomic E-state index is 0.0257. The Bertz CT molecular complexity index is 598. The zero-order chi connectivity index (χ0) is 14.1. The molecule has 21 heavy (non-hydrogen) atoms. The standard InChI is InChI=1S/C17H21N3O/c1-2-4-14(5-3-1)17(9-10-17)16-19-15(21-20-16)7-6-13-8-11-18-12-13/h1-5,13,18H,6-12H2. The van der Waals surface area contributed by atoms with Crippen LogP contribution < -0.4 is 5.32 Å². The number of hydrogen-bond donors (Lipinski definition) is 1. The molecule has 1 aliphatic heterocycles. The number of rotatable bonds is 5. The predicted octanol–water partition coefficient (Wildman–Crippen LogP) is 2.69. The lowest BCUT2D eigenvalue weighted by atomic mass is 9.95. The highest BCUT2D eigenvalue weighted by molar-refractivity contribution is 5.38. The smallest absolute Gasteiger partial charge is 0.226 e. The van der Waals surface area contributed by atoms with Crippen LogP contribution in [-0.4, -0.2) is 23.2 Å². The zero-order valence-corrected chi connectivity index (χ0v) is 12.2. The summed E-state index contributed by atoms with van der Waals surface area (Å²) < 4.78 is 5.49. The summed E-state index contributed by atoms with van der Waals surface area (Å²) in [6.07, 6.45) is 5.58. The SMILES string of the molecule is c1ccc(C2(c3noc(CCC4CCNC4)n3)CC2)cc1. The summed E-state index contributed by atoms with van der Waals surface area (Å²) in [5, 5.41) is 7.67. The summed E-state index contributed by atoms with van der Waals surface area (Å²) in [7, 11) is 0. The summed E-state index contributed by atoms with van der Waals surface area (Å²) in [5.74, 6) is 2.46. The monoisotopic (exact) mass is 283 g/mol. The number of nitrogens with zero attached hydrogens (tertiary/aromatic N) is 2. The minimum atomic E-state index is 0.0257. The van der Waals surface area contributed by atoms with Gasteiger partial charge in [-0.3, -0.25) is 0 Å². The highest BCUT2D eigenvalue weighted by Crippen LogP contribution is 2.52. The van der Waals surface area contributed by atoms with Gasteiger partial charge in [-0.05, 0) is 50.3 Å². The van der Waals surface area contributed by atoms with Crippen molar-refractivity contribution >= 4 is 0 Å². The van der Waals surface area contributed by atoms with Crippen molar-refractivity contribution in [2.75, 3.05) is 13.1 Å². The summed E-state index contributed by atoms with van der Waals surface area (Å²) >= 11 is 0. The van der Waals surface area contributed by atoms with Crippen molar-refractivity contribution in [3.05, 3.63) is 47.6 Å². The highest BCUT2D eigenvalue weighted by Gasteiger charge is 2.49. The van der Waals surface area contributed by atoms with Gasteiger partial charge in [0.25, 0.3) is 0 Å². The van der Waals surface area contributed by atoms with E-state index in [1.54, 1.807) is 0 Å². The number of hydrogen-bond acceptors (Lipinski definition) is 4. The zero-order valence-electron chi connectivity index (χ0n) is 12.2. The van der Waals surface area contributed by atoms with Crippen LogP contribution in [0.2, 0.25) is 0 Å². The van der Waals surface area contributed by atoms with Crippen LogP contribution in [0.5, 0.6) is 0 Å². The number of aryl methyl sites for hydroxylation is 1. The van der Waals surface area contributed by atoms with Crippen LogP contribution >= 0.6 is 0 Å². The molecule has 1 aromatic heterocycles. The molecule has 2 heterocycles. The third-order valence-electron chi connectivity index (χ3n) is 4.90. The molecule has 4 heteroatoms. The fraction of sp³-hybridized carbons (Fsp3) is 0.529. The molecule has 1 N–H and O–H groups in total. The van der Waals surface area contributed by atoms with Crippen LogP contribution in [0.3, 0.4) is 0 Å². The van der Waals surface area contributed by atoms with Crippen molar-refractivity contribution in [3.8, 4) is 0 Å². The van der Waals surface area contributed by atoms with Gasteiger partial charge in [-0.25, -0.2) is 0 Å². The first-order valence-electron chi connectivity index (χ1n) is 7.96. The quantitative estimate of drug-likeness (QED) is 0.916. The Hall–Kier alpha value is -1.68. The van der Waals surface area contributed by atoms with Crippen molar-refractivity contribution < 1.29 is 4.52 Å². The van der Waals surface area contributed by atoms with E-state index in [-0.39, 0.29) is 5.41 Å². The van der Waals surface area contributed by atoms with Crippen molar-refractivity contribution in [2.24, 2.45) is 5.92 Å². The van der Waals surface area contributed by atoms with Crippen LogP contribution in [-0.2, 0) is 11.8 Å². The first kappa shape index (κ1) is 13.0. The van der Waals surface area contributed by atoms with E-state index in [2.05, 4.69) is 45.8 Å². The average molecular weight is 283 g/mol. The molecule has 1 aliphatic carbocycles. The first-order valence-corrected chi connectivity index (χ1v) is 7.96. The predicted molar refractivity (Wildman–Crippen MR) is 80.1 cm³/mol. The van der Waals surface area contributed by atoms with Crippen LogP contribution in [0, 0.1) is 5.92 Å². The van der Waals surface area contributed by atoms with Gasteiger partial charge in [-0.1, -0.05) is 35.5 Å². The summed E-state index contributed by atoms with van der Waals surface area (Å²) in [5.41, 5.74) is 1.34. The molecular formula is C17H21N3O. The van der Waals surface area contributed by atoms with E-state index >= 15 is 0 Å². The van der Waals surface area contributed by atoms with Crippen LogP contribution in [0.25, 0.3) is 0 Å². The topological polar surface area (TPSA) is 51.0 Å². The Morgan fingerprint density at radius 1 is 1.24 bits per heavy atom. The lowest BCUT2D eigenvalue weighted by Crippen LogP contribution is -2.11. The molecule has 2 fully saturated rings. The molecule has 0 radical (unpaired) electrons. The van der Waals surface area contributed by atoms with Gasteiger partial charge in [0, 0.05) is 6.42 Å². The van der Waals surface area contributed by atoms with E-state index in [1.165, 1.54) is 12.0 Å². The Labute approximate surface area is 124 Å². The Kier molecular flexibility index (Phi) is 3.26. The largest absolute Gasteiger partial charge is 0.339 e. The maximum atomic E-state index is 5.49. The third-order valence-corrected chi connectivity index (χ3v) is 4.90. The number of aromatic nitrogens is 2. The summed E-state index contributed by atoms with van der Waals surface area (Å²) in [6, 6.07) is 10.6. The number of nitrogens with one attached hydrogen (secondary N) is 1. The molecule has 0 spiro atoms. The van der Waals surface area contributed by atoms with Crippen LogP contribution in [0.4, 0.5) is 0 Å². The fourth-order valence-electron chi connectivity index (χ4n) is 3.36. The first-order chi connectivity index (χ1) is 10.4. The van der Waals surface area contributed by atoms with Gasteiger partial charge in [0.2, 0.25) is 5.89 Å². The molecule has 110 valence electrons. The van der Waals surface area contributed by atoms with Gasteiger partial charge in [0.1, 0.15) is 0 Å². The molecule has 4 rings (SSSR count). The van der Waals surface area contributed by atoms with Gasteiger partial charge >= 0.3 is 0 Å². The summed E-state index contributed by atoms with van der Waals surface area (Å²) in [6.45, 7) is 2.28. The van der Waals surface area contributed by atoms with E-state index in [0.717, 1.165) is 56.4 Å². The lowest BCUT2D eigenvalue weighted by molar-refractivity contribution is 0.358. The van der Waals surface area contributed by atoms with Crippen molar-refractivity contribution in [2.45, 2.75) is 37.5 Å². The van der Waals surface area contributed by atoms with Gasteiger partial charge in [-0.15, -0.1) is 0 Å². The molecule has 1 atom stereocenters. The summed E-state index contributed by atoms with van der Waals surface area (Å²) in [4.78, 5) is 4.68. The second kappa shape index (κ2) is 5.26. The van der Waals surface area contributed by atoms with E-state index in [4.69, 9.17) is 4.52 Å². The van der Waals surface area contributed by atoms with Crippen LogP contribution in [0.15, 0.2) is 34.9 Å². The van der Waals surface area contributed by atoms with Crippen LogP contribution in [0.1, 0.15) is 43.0 Å². The highest BCUT2D eigenvalue weighted by atomic mass is 16.5. The Morgan fingerprint density at radius 2 is 2.10 bits per heavy atom. The maximum Gasteiger partial charge on any atom is 0.226 e. The Balaban J connectivity index is 1.47. The second-order valence-electron chi connectivity index (χ2n) is 6.36. The second-order valence-corrected chi connectivity index (χ2v) is 6.36. The minimum Gasteiger partial charge on any atom is -0.339 e. The molecule has 4 nitrogen and oxygen atoms in total. The molecular weight excluding hydrogens is 262 g/mol. The maximum absolute atomic E-state index is 5.49. The van der Waals surface area contributed by atoms with Crippen molar-refractivity contribution in [1.29, 1.82) is 0 Å². The molecule has 2 aromatic rings. The van der Waals surface area contributed by atoms with E-state index < -0.39 is 0 Å². The lowest BCUT2D eigenvalue weighted by Gasteiger charge is -2.10. The van der Waals surface area contributed by atoms with Crippen molar-refractivity contribution in [1.82, 2.24) is 15.5 Å². The normalized spacial score (nSPS) is 23.3. The molecule has 1 aromatic carbocycles. The van der Waals surface area contributed by atoms with E-state index in [0.29, 0.717) is 0 Å². The molecule has 2 aliphatic rings. The molecule has 0 amide bonds. The Morgan fingerprint density at radius 3 is 2.81 bits per heavy atom. The van der Waals surface area contributed by atoms with Crippen molar-refractivity contribution in [3.63, 3.8) is 0 Å². The van der Waals surface area contributed by atoms with Gasteiger partial charge in [0.05, 0.1) is 5.41 Å².